The van der Waals surface area contributed by atoms with Crippen molar-refractivity contribution in [3.05, 3.63) is 54.0 Å². The highest BCUT2D eigenvalue weighted by Gasteiger charge is 2.18. The summed E-state index contributed by atoms with van der Waals surface area (Å²) in [5, 5.41) is 18.4. The van der Waals surface area contributed by atoms with Crippen LogP contribution in [-0.2, 0) is 11.3 Å². The first-order chi connectivity index (χ1) is 15.7. The Kier molecular flexibility index (Phi) is 5.72. The molecule has 1 aliphatic rings. The SMILES string of the molecule is CC(C)c1cnn2c(NCc3ccc(-c4cn[nH]c4)cc3)nc(NC3CCOCC3)nc12. The average molecular weight is 433 g/mol. The Balaban J connectivity index is 1.39. The minimum absolute atomic E-state index is 0.319. The number of aromatic nitrogens is 6. The van der Waals surface area contributed by atoms with Gasteiger partial charge in [-0.1, -0.05) is 38.1 Å². The lowest BCUT2D eigenvalue weighted by molar-refractivity contribution is 0.0903. The summed E-state index contributed by atoms with van der Waals surface area (Å²) < 4.78 is 7.27. The van der Waals surface area contributed by atoms with Crippen molar-refractivity contribution in [1.29, 1.82) is 0 Å². The molecule has 1 fully saturated rings. The molecule has 1 aromatic carbocycles. The number of nitrogens with one attached hydrogen (secondary N) is 3. The summed E-state index contributed by atoms with van der Waals surface area (Å²) in [5.74, 6) is 1.63. The standard InChI is InChI=1S/C23H28N8O/c1-15(2)20-14-27-31-21(20)29-22(28-19-7-9-32-10-8-19)30-23(31)24-11-16-3-5-17(6-4-16)18-12-25-26-13-18/h3-6,12-15,19H,7-11H2,1-2H3,(H,25,26)(H2,24,28,29,30). The fourth-order valence-electron chi connectivity index (χ4n) is 3.91. The molecule has 166 valence electrons. The second-order valence-corrected chi connectivity index (χ2v) is 8.43. The third kappa shape index (κ3) is 4.29. The summed E-state index contributed by atoms with van der Waals surface area (Å²) in [6, 6.07) is 8.73. The van der Waals surface area contributed by atoms with Crippen molar-refractivity contribution in [2.45, 2.75) is 45.2 Å². The largest absolute Gasteiger partial charge is 0.381 e. The Hall–Kier alpha value is -3.46. The van der Waals surface area contributed by atoms with E-state index in [1.54, 1.807) is 4.52 Å². The lowest BCUT2D eigenvalue weighted by Crippen LogP contribution is -2.29. The average Bonchev–Trinajstić information content (AvgIpc) is 3.49. The third-order valence-electron chi connectivity index (χ3n) is 5.81. The van der Waals surface area contributed by atoms with Gasteiger partial charge in [0.15, 0.2) is 5.65 Å². The van der Waals surface area contributed by atoms with Crippen LogP contribution in [0.5, 0.6) is 0 Å². The van der Waals surface area contributed by atoms with Crippen molar-refractivity contribution in [3.8, 4) is 11.1 Å². The first-order valence-electron chi connectivity index (χ1n) is 11.1. The summed E-state index contributed by atoms with van der Waals surface area (Å²) in [6.07, 6.45) is 7.51. The predicted molar refractivity (Wildman–Crippen MR) is 124 cm³/mol. The fraction of sp³-hybridized carbons (Fsp3) is 0.391. The highest BCUT2D eigenvalue weighted by molar-refractivity contribution is 5.62. The monoisotopic (exact) mass is 432 g/mol. The molecule has 0 radical (unpaired) electrons. The quantitative estimate of drug-likeness (QED) is 0.407. The first kappa shape index (κ1) is 20.4. The summed E-state index contributed by atoms with van der Waals surface area (Å²) in [5.41, 5.74) is 5.30. The molecule has 0 saturated carbocycles. The van der Waals surface area contributed by atoms with Gasteiger partial charge in [-0.15, -0.1) is 0 Å². The van der Waals surface area contributed by atoms with Crippen LogP contribution < -0.4 is 10.6 Å². The van der Waals surface area contributed by atoms with E-state index in [9.17, 15) is 0 Å². The predicted octanol–water partition coefficient (Wildman–Crippen LogP) is 3.84. The molecule has 0 atom stereocenters. The molecule has 0 aliphatic carbocycles. The number of benzene rings is 1. The Morgan fingerprint density at radius 2 is 1.91 bits per heavy atom. The van der Waals surface area contributed by atoms with Gasteiger partial charge < -0.3 is 15.4 Å². The molecule has 4 heterocycles. The zero-order valence-electron chi connectivity index (χ0n) is 18.4. The molecule has 0 amide bonds. The minimum atomic E-state index is 0.319. The van der Waals surface area contributed by atoms with Gasteiger partial charge in [0.05, 0.1) is 12.4 Å². The van der Waals surface area contributed by atoms with Crippen molar-refractivity contribution in [2.24, 2.45) is 0 Å². The van der Waals surface area contributed by atoms with Crippen LogP contribution in [0.3, 0.4) is 0 Å². The molecule has 1 aliphatic heterocycles. The van der Waals surface area contributed by atoms with E-state index in [2.05, 4.69) is 64.0 Å². The molecule has 4 aromatic rings. The van der Waals surface area contributed by atoms with Crippen LogP contribution in [0.15, 0.2) is 42.9 Å². The van der Waals surface area contributed by atoms with Crippen molar-refractivity contribution in [2.75, 3.05) is 23.8 Å². The van der Waals surface area contributed by atoms with E-state index in [-0.39, 0.29) is 0 Å². The number of hydrogen-bond donors (Lipinski definition) is 3. The third-order valence-corrected chi connectivity index (χ3v) is 5.81. The Morgan fingerprint density at radius 3 is 2.62 bits per heavy atom. The summed E-state index contributed by atoms with van der Waals surface area (Å²) in [7, 11) is 0. The highest BCUT2D eigenvalue weighted by Crippen LogP contribution is 2.24. The van der Waals surface area contributed by atoms with Gasteiger partial charge >= 0.3 is 0 Å². The van der Waals surface area contributed by atoms with Gasteiger partial charge in [0.25, 0.3) is 0 Å². The van der Waals surface area contributed by atoms with E-state index >= 15 is 0 Å². The van der Waals surface area contributed by atoms with Gasteiger partial charge in [-0.3, -0.25) is 5.10 Å². The number of ether oxygens (including phenoxy) is 1. The zero-order valence-corrected chi connectivity index (χ0v) is 18.4. The summed E-state index contributed by atoms with van der Waals surface area (Å²) in [4.78, 5) is 9.55. The van der Waals surface area contributed by atoms with Crippen molar-refractivity contribution in [1.82, 2.24) is 29.8 Å². The molecule has 1 saturated heterocycles. The van der Waals surface area contributed by atoms with Crippen molar-refractivity contribution >= 4 is 17.5 Å². The molecule has 0 bridgehead atoms. The van der Waals surface area contributed by atoms with E-state index < -0.39 is 0 Å². The van der Waals surface area contributed by atoms with Crippen LogP contribution in [0.25, 0.3) is 16.8 Å². The number of fused-ring (bicyclic) bond motifs is 1. The van der Waals surface area contributed by atoms with E-state index in [0.29, 0.717) is 30.4 Å². The second-order valence-electron chi connectivity index (χ2n) is 8.43. The minimum Gasteiger partial charge on any atom is -0.381 e. The van der Waals surface area contributed by atoms with Crippen LogP contribution in [-0.4, -0.2) is 49.0 Å². The van der Waals surface area contributed by atoms with Gasteiger partial charge in [0.1, 0.15) is 0 Å². The maximum Gasteiger partial charge on any atom is 0.229 e. The Labute approximate surface area is 186 Å². The molecular formula is C23H28N8O. The highest BCUT2D eigenvalue weighted by atomic mass is 16.5. The molecule has 3 N–H and O–H groups in total. The van der Waals surface area contributed by atoms with Gasteiger partial charge in [-0.2, -0.15) is 24.7 Å². The lowest BCUT2D eigenvalue weighted by atomic mass is 10.1. The Bertz CT molecular complexity index is 1160. The smallest absolute Gasteiger partial charge is 0.229 e. The maximum atomic E-state index is 5.48. The van der Waals surface area contributed by atoms with Gasteiger partial charge in [-0.05, 0) is 29.9 Å². The number of aromatic amines is 1. The number of rotatable bonds is 7. The molecule has 9 heteroatoms. The first-order valence-corrected chi connectivity index (χ1v) is 11.1. The molecule has 5 rings (SSSR count). The topological polar surface area (TPSA) is 105 Å². The fourth-order valence-corrected chi connectivity index (χ4v) is 3.91. The number of anilines is 2. The summed E-state index contributed by atoms with van der Waals surface area (Å²) >= 11 is 0. The number of hydrogen-bond acceptors (Lipinski definition) is 7. The molecular weight excluding hydrogens is 404 g/mol. The van der Waals surface area contributed by atoms with E-state index in [0.717, 1.165) is 54.0 Å². The maximum absolute atomic E-state index is 5.48. The second kappa shape index (κ2) is 8.96. The van der Waals surface area contributed by atoms with Crippen LogP contribution in [0.1, 0.15) is 43.7 Å². The summed E-state index contributed by atoms with van der Waals surface area (Å²) in [6.45, 7) is 6.47. The van der Waals surface area contributed by atoms with Crippen LogP contribution in [0.4, 0.5) is 11.9 Å². The Morgan fingerprint density at radius 1 is 1.09 bits per heavy atom. The molecule has 3 aromatic heterocycles. The molecule has 0 unspecified atom stereocenters. The van der Waals surface area contributed by atoms with Crippen LogP contribution in [0.2, 0.25) is 0 Å². The molecule has 0 spiro atoms. The van der Waals surface area contributed by atoms with Gasteiger partial charge in [0, 0.05) is 43.1 Å². The zero-order chi connectivity index (χ0) is 21.9. The van der Waals surface area contributed by atoms with Crippen LogP contribution >= 0.6 is 0 Å². The lowest BCUT2D eigenvalue weighted by Gasteiger charge is -2.23. The normalized spacial score (nSPS) is 14.8. The van der Waals surface area contributed by atoms with Gasteiger partial charge in [0.2, 0.25) is 11.9 Å². The van der Waals surface area contributed by atoms with Crippen LogP contribution in [0, 0.1) is 0 Å². The van der Waals surface area contributed by atoms with E-state index in [1.807, 2.05) is 18.6 Å². The molecule has 32 heavy (non-hydrogen) atoms. The number of nitrogens with zero attached hydrogens (tertiary/aromatic N) is 5. The van der Waals surface area contributed by atoms with Crippen molar-refractivity contribution < 1.29 is 4.74 Å². The van der Waals surface area contributed by atoms with Gasteiger partial charge in [-0.25, -0.2) is 0 Å². The van der Waals surface area contributed by atoms with Crippen molar-refractivity contribution in [3.63, 3.8) is 0 Å². The van der Waals surface area contributed by atoms with E-state index in [4.69, 9.17) is 14.7 Å². The number of H-pyrrole nitrogens is 1. The van der Waals surface area contributed by atoms with E-state index in [1.165, 1.54) is 0 Å². The molecule has 9 nitrogen and oxygen atoms in total.